The molecular formula is C16H17NO4. The molecule has 0 bridgehead atoms. The Labute approximate surface area is 123 Å². The van der Waals surface area contributed by atoms with E-state index in [2.05, 4.69) is 0 Å². The number of nitrogens with zero attached hydrogens (tertiary/aromatic N) is 1. The monoisotopic (exact) mass is 287 g/mol. The van der Waals surface area contributed by atoms with Crippen molar-refractivity contribution in [3.63, 3.8) is 0 Å². The van der Waals surface area contributed by atoms with Gasteiger partial charge in [-0.15, -0.1) is 0 Å². The molecule has 0 heterocycles. The van der Waals surface area contributed by atoms with Gasteiger partial charge in [-0.05, 0) is 37.1 Å². The third-order valence-corrected chi connectivity index (χ3v) is 3.35. The highest BCUT2D eigenvalue weighted by Gasteiger charge is 2.13. The van der Waals surface area contributed by atoms with Crippen molar-refractivity contribution in [1.82, 2.24) is 0 Å². The Kier molecular flexibility index (Phi) is 4.55. The predicted octanol–water partition coefficient (Wildman–Crippen LogP) is 3.54. The summed E-state index contributed by atoms with van der Waals surface area (Å²) in [5.74, 6) is 0.624. The molecule has 5 nitrogen and oxygen atoms in total. The van der Waals surface area contributed by atoms with Crippen LogP contribution in [-0.4, -0.2) is 10.0 Å². The standard InChI is InChI=1S/C16H17NO4/c1-11-14(6-4-8-16(11)17(19)20)10-21-15-7-3-5-13(9-15)12(2)18/h3-9,12,18H,10H2,1-2H3. The molecule has 1 N–H and O–H groups in total. The first-order valence-electron chi connectivity index (χ1n) is 6.62. The molecule has 5 heteroatoms. The molecule has 0 radical (unpaired) electrons. The first-order chi connectivity index (χ1) is 9.99. The number of aliphatic hydroxyl groups excluding tert-OH is 1. The molecule has 2 aromatic carbocycles. The van der Waals surface area contributed by atoms with Crippen molar-refractivity contribution in [1.29, 1.82) is 0 Å². The normalized spacial score (nSPS) is 12.0. The molecule has 1 unspecified atom stereocenters. The van der Waals surface area contributed by atoms with Gasteiger partial charge in [-0.2, -0.15) is 0 Å². The van der Waals surface area contributed by atoms with E-state index in [0.717, 1.165) is 11.1 Å². The van der Waals surface area contributed by atoms with E-state index < -0.39 is 11.0 Å². The highest BCUT2D eigenvalue weighted by molar-refractivity contribution is 5.44. The van der Waals surface area contributed by atoms with E-state index in [-0.39, 0.29) is 12.3 Å². The number of nitro benzene ring substituents is 1. The zero-order valence-corrected chi connectivity index (χ0v) is 11.9. The van der Waals surface area contributed by atoms with E-state index in [1.165, 1.54) is 6.07 Å². The molecule has 0 aliphatic heterocycles. The maximum absolute atomic E-state index is 10.9. The molecule has 0 amide bonds. The van der Waals surface area contributed by atoms with Crippen LogP contribution in [0, 0.1) is 17.0 Å². The van der Waals surface area contributed by atoms with Gasteiger partial charge < -0.3 is 9.84 Å². The van der Waals surface area contributed by atoms with Crippen LogP contribution in [0.4, 0.5) is 5.69 Å². The fourth-order valence-electron chi connectivity index (χ4n) is 2.05. The quantitative estimate of drug-likeness (QED) is 0.674. The van der Waals surface area contributed by atoms with Gasteiger partial charge in [0.05, 0.1) is 11.0 Å². The van der Waals surface area contributed by atoms with Gasteiger partial charge in [0.15, 0.2) is 0 Å². The van der Waals surface area contributed by atoms with E-state index >= 15 is 0 Å². The van der Waals surface area contributed by atoms with Crippen LogP contribution in [0.5, 0.6) is 5.75 Å². The lowest BCUT2D eigenvalue weighted by Gasteiger charge is -2.11. The van der Waals surface area contributed by atoms with Crippen LogP contribution in [0.2, 0.25) is 0 Å². The van der Waals surface area contributed by atoms with Crippen molar-refractivity contribution in [2.45, 2.75) is 26.6 Å². The largest absolute Gasteiger partial charge is 0.489 e. The van der Waals surface area contributed by atoms with Crippen molar-refractivity contribution in [2.24, 2.45) is 0 Å². The summed E-state index contributed by atoms with van der Waals surface area (Å²) in [6.45, 7) is 3.64. The number of nitro groups is 1. The van der Waals surface area contributed by atoms with Crippen molar-refractivity contribution in [3.05, 3.63) is 69.3 Å². The molecule has 0 saturated carbocycles. The lowest BCUT2D eigenvalue weighted by molar-refractivity contribution is -0.385. The summed E-state index contributed by atoms with van der Waals surface area (Å²) < 4.78 is 5.66. The predicted molar refractivity (Wildman–Crippen MR) is 79.2 cm³/mol. The van der Waals surface area contributed by atoms with Crippen LogP contribution in [0.3, 0.4) is 0 Å². The second kappa shape index (κ2) is 6.37. The molecular weight excluding hydrogens is 270 g/mol. The van der Waals surface area contributed by atoms with Crippen LogP contribution in [0.1, 0.15) is 29.7 Å². The lowest BCUT2D eigenvalue weighted by Crippen LogP contribution is -2.01. The van der Waals surface area contributed by atoms with Gasteiger partial charge in [0.25, 0.3) is 5.69 Å². The summed E-state index contributed by atoms with van der Waals surface area (Å²) in [5.41, 5.74) is 2.23. The van der Waals surface area contributed by atoms with Crippen LogP contribution in [0.25, 0.3) is 0 Å². The van der Waals surface area contributed by atoms with E-state index in [1.807, 2.05) is 6.07 Å². The summed E-state index contributed by atoms with van der Waals surface area (Å²) in [4.78, 5) is 10.5. The third kappa shape index (κ3) is 3.58. The topological polar surface area (TPSA) is 72.6 Å². The summed E-state index contributed by atoms with van der Waals surface area (Å²) in [7, 11) is 0. The second-order valence-corrected chi connectivity index (χ2v) is 4.86. The van der Waals surface area contributed by atoms with Crippen molar-refractivity contribution < 1.29 is 14.8 Å². The first kappa shape index (κ1) is 15.0. The van der Waals surface area contributed by atoms with E-state index in [1.54, 1.807) is 44.2 Å². The van der Waals surface area contributed by atoms with E-state index in [9.17, 15) is 15.2 Å². The molecule has 21 heavy (non-hydrogen) atoms. The minimum absolute atomic E-state index is 0.0915. The van der Waals surface area contributed by atoms with Gasteiger partial charge in [0.1, 0.15) is 12.4 Å². The van der Waals surface area contributed by atoms with Crippen LogP contribution < -0.4 is 4.74 Å². The zero-order chi connectivity index (χ0) is 15.4. The van der Waals surface area contributed by atoms with E-state index in [0.29, 0.717) is 11.3 Å². The first-order valence-corrected chi connectivity index (χ1v) is 6.62. The minimum Gasteiger partial charge on any atom is -0.489 e. The Bertz CT molecular complexity index is 652. The van der Waals surface area contributed by atoms with Crippen LogP contribution >= 0.6 is 0 Å². The number of ether oxygens (including phenoxy) is 1. The number of benzene rings is 2. The van der Waals surface area contributed by atoms with Gasteiger partial charge in [0.2, 0.25) is 0 Å². The fraction of sp³-hybridized carbons (Fsp3) is 0.250. The second-order valence-electron chi connectivity index (χ2n) is 4.86. The summed E-state index contributed by atoms with van der Waals surface area (Å²) in [6.07, 6.45) is -0.562. The minimum atomic E-state index is -0.562. The van der Waals surface area contributed by atoms with Gasteiger partial charge in [-0.1, -0.05) is 24.3 Å². The molecule has 0 fully saturated rings. The lowest BCUT2D eigenvalue weighted by atomic mass is 10.1. The number of hydrogen-bond acceptors (Lipinski definition) is 4. The molecule has 0 spiro atoms. The summed E-state index contributed by atoms with van der Waals surface area (Å²) >= 11 is 0. The van der Waals surface area contributed by atoms with Crippen LogP contribution in [0.15, 0.2) is 42.5 Å². The van der Waals surface area contributed by atoms with Crippen molar-refractivity contribution in [3.8, 4) is 5.75 Å². The number of hydrogen-bond donors (Lipinski definition) is 1. The number of rotatable bonds is 5. The Morgan fingerprint density at radius 3 is 2.67 bits per heavy atom. The molecule has 0 aliphatic carbocycles. The Morgan fingerprint density at radius 1 is 1.29 bits per heavy atom. The fourth-order valence-corrected chi connectivity index (χ4v) is 2.05. The van der Waals surface area contributed by atoms with Gasteiger partial charge >= 0.3 is 0 Å². The Hall–Kier alpha value is -2.40. The Balaban J connectivity index is 2.15. The average Bonchev–Trinajstić information content (AvgIpc) is 2.46. The Morgan fingerprint density at radius 2 is 2.00 bits per heavy atom. The SMILES string of the molecule is Cc1c(COc2cccc(C(C)O)c2)cccc1[N+](=O)[O-]. The van der Waals surface area contributed by atoms with Crippen molar-refractivity contribution >= 4 is 5.69 Å². The molecule has 2 rings (SSSR count). The molecule has 0 aliphatic rings. The van der Waals surface area contributed by atoms with Crippen LogP contribution in [-0.2, 0) is 6.61 Å². The summed E-state index contributed by atoms with van der Waals surface area (Å²) in [5, 5.41) is 20.4. The smallest absolute Gasteiger partial charge is 0.272 e. The number of aliphatic hydroxyl groups is 1. The van der Waals surface area contributed by atoms with Gasteiger partial charge in [-0.3, -0.25) is 10.1 Å². The van der Waals surface area contributed by atoms with Gasteiger partial charge in [-0.25, -0.2) is 0 Å². The summed E-state index contributed by atoms with van der Waals surface area (Å²) in [6, 6.07) is 12.1. The highest BCUT2D eigenvalue weighted by Crippen LogP contribution is 2.24. The molecule has 0 aromatic heterocycles. The van der Waals surface area contributed by atoms with Crippen molar-refractivity contribution in [2.75, 3.05) is 0 Å². The zero-order valence-electron chi connectivity index (χ0n) is 11.9. The molecule has 110 valence electrons. The average molecular weight is 287 g/mol. The highest BCUT2D eigenvalue weighted by atomic mass is 16.6. The third-order valence-electron chi connectivity index (χ3n) is 3.35. The molecule has 2 aromatic rings. The molecule has 1 atom stereocenters. The molecule has 0 saturated heterocycles. The van der Waals surface area contributed by atoms with Gasteiger partial charge in [0, 0.05) is 11.6 Å². The maximum atomic E-state index is 10.9. The van der Waals surface area contributed by atoms with E-state index in [4.69, 9.17) is 4.74 Å². The maximum Gasteiger partial charge on any atom is 0.272 e.